The first-order valence-corrected chi connectivity index (χ1v) is 7.98. The molecule has 0 radical (unpaired) electrons. The third kappa shape index (κ3) is 5.64. The van der Waals surface area contributed by atoms with Gasteiger partial charge in [0.2, 0.25) is 0 Å². The SMILES string of the molecule is C/C=C\C1=C(/C)CCCc2ccccc2N1.CC.CC. The van der Waals surface area contributed by atoms with Gasteiger partial charge in [0.05, 0.1) is 0 Å². The molecule has 0 fully saturated rings. The fraction of sp³-hybridized carbons (Fsp3) is 0.474. The lowest BCUT2D eigenvalue weighted by atomic mass is 9.99. The van der Waals surface area contributed by atoms with Gasteiger partial charge in [-0.3, -0.25) is 0 Å². The molecule has 0 saturated carbocycles. The molecule has 0 saturated heterocycles. The van der Waals surface area contributed by atoms with Crippen LogP contribution in [0.3, 0.4) is 0 Å². The van der Waals surface area contributed by atoms with E-state index in [0.29, 0.717) is 0 Å². The Kier molecular flexibility index (Phi) is 10.5. The van der Waals surface area contributed by atoms with Gasteiger partial charge in [-0.2, -0.15) is 0 Å². The molecule has 0 amide bonds. The molecule has 20 heavy (non-hydrogen) atoms. The summed E-state index contributed by atoms with van der Waals surface area (Å²) in [5.74, 6) is 0. The number of hydrogen-bond donors (Lipinski definition) is 1. The lowest BCUT2D eigenvalue weighted by Gasteiger charge is -2.18. The summed E-state index contributed by atoms with van der Waals surface area (Å²) in [6.07, 6.45) is 7.85. The summed E-state index contributed by atoms with van der Waals surface area (Å²) < 4.78 is 0. The largest absolute Gasteiger partial charge is 0.355 e. The van der Waals surface area contributed by atoms with Crippen LogP contribution in [0.1, 0.15) is 59.9 Å². The summed E-state index contributed by atoms with van der Waals surface area (Å²) in [6.45, 7) is 12.3. The zero-order valence-corrected chi connectivity index (χ0v) is 14.1. The Morgan fingerprint density at radius 2 is 1.65 bits per heavy atom. The van der Waals surface area contributed by atoms with Crippen LogP contribution in [-0.4, -0.2) is 0 Å². The van der Waals surface area contributed by atoms with Crippen LogP contribution in [0.25, 0.3) is 0 Å². The van der Waals surface area contributed by atoms with Crippen molar-refractivity contribution in [2.24, 2.45) is 0 Å². The van der Waals surface area contributed by atoms with Crippen molar-refractivity contribution < 1.29 is 0 Å². The van der Waals surface area contributed by atoms with Crippen molar-refractivity contribution >= 4 is 5.69 Å². The molecule has 1 nitrogen and oxygen atoms in total. The maximum atomic E-state index is 3.54. The van der Waals surface area contributed by atoms with Crippen LogP contribution >= 0.6 is 0 Å². The molecule has 0 aromatic heterocycles. The average Bonchev–Trinajstić information content (AvgIpc) is 2.51. The minimum atomic E-state index is 1.17. The predicted molar refractivity (Wildman–Crippen MR) is 93.2 cm³/mol. The Labute approximate surface area is 125 Å². The molecule has 1 N–H and O–H groups in total. The molecule has 0 aliphatic carbocycles. The van der Waals surface area contributed by atoms with E-state index in [1.165, 1.54) is 41.8 Å². The Bertz CT molecular complexity index is 427. The van der Waals surface area contributed by atoms with E-state index in [1.807, 2.05) is 27.7 Å². The fourth-order valence-electron chi connectivity index (χ4n) is 2.14. The number of hydrogen-bond acceptors (Lipinski definition) is 1. The molecule has 1 aliphatic heterocycles. The second kappa shape index (κ2) is 11.3. The number of anilines is 1. The van der Waals surface area contributed by atoms with E-state index < -0.39 is 0 Å². The summed E-state index contributed by atoms with van der Waals surface area (Å²) >= 11 is 0. The van der Waals surface area contributed by atoms with Crippen LogP contribution in [0, 0.1) is 0 Å². The highest BCUT2D eigenvalue weighted by Crippen LogP contribution is 2.25. The maximum absolute atomic E-state index is 3.54. The summed E-state index contributed by atoms with van der Waals surface area (Å²) in [6, 6.07) is 8.60. The number of fused-ring (bicyclic) bond motifs is 1. The van der Waals surface area contributed by atoms with Crippen molar-refractivity contribution in [2.45, 2.75) is 60.8 Å². The van der Waals surface area contributed by atoms with Crippen molar-refractivity contribution in [2.75, 3.05) is 5.32 Å². The van der Waals surface area contributed by atoms with Crippen LogP contribution in [0.5, 0.6) is 0 Å². The van der Waals surface area contributed by atoms with Crippen molar-refractivity contribution in [3.63, 3.8) is 0 Å². The Balaban J connectivity index is 0.000000829. The van der Waals surface area contributed by atoms with Crippen molar-refractivity contribution in [1.29, 1.82) is 0 Å². The second-order valence-corrected chi connectivity index (χ2v) is 4.33. The van der Waals surface area contributed by atoms with E-state index >= 15 is 0 Å². The molecule has 1 aromatic rings. The monoisotopic (exact) mass is 273 g/mol. The smallest absolute Gasteiger partial charge is 0.0416 e. The molecule has 1 aromatic carbocycles. The Morgan fingerprint density at radius 1 is 1.00 bits per heavy atom. The minimum Gasteiger partial charge on any atom is -0.355 e. The molecule has 1 heterocycles. The molecule has 112 valence electrons. The quantitative estimate of drug-likeness (QED) is 0.629. The topological polar surface area (TPSA) is 12.0 Å². The molecule has 0 bridgehead atoms. The van der Waals surface area contributed by atoms with Gasteiger partial charge in [-0.05, 0) is 56.4 Å². The number of aryl methyl sites for hydroxylation is 1. The first kappa shape index (κ1) is 18.5. The van der Waals surface area contributed by atoms with Crippen LogP contribution in [0.2, 0.25) is 0 Å². The number of rotatable bonds is 1. The number of para-hydroxylation sites is 1. The van der Waals surface area contributed by atoms with Gasteiger partial charge < -0.3 is 5.32 Å². The van der Waals surface area contributed by atoms with E-state index in [9.17, 15) is 0 Å². The standard InChI is InChI=1S/C15H19N.2C2H6/c1-3-7-14-12(2)8-6-10-13-9-4-5-11-15(13)16-14;2*1-2/h3-5,7,9,11,16H,6,8,10H2,1-2H3;2*1-2H3/b7-3-,14-12-;;. The van der Waals surface area contributed by atoms with Gasteiger partial charge in [0, 0.05) is 11.4 Å². The first-order chi connectivity index (χ1) is 9.81. The highest BCUT2D eigenvalue weighted by molar-refractivity contribution is 5.58. The zero-order valence-electron chi connectivity index (χ0n) is 14.1. The Hall–Kier alpha value is -1.50. The lowest BCUT2D eigenvalue weighted by Crippen LogP contribution is -2.06. The lowest BCUT2D eigenvalue weighted by molar-refractivity contribution is 0.800. The van der Waals surface area contributed by atoms with E-state index in [0.717, 1.165) is 0 Å². The van der Waals surface area contributed by atoms with Gasteiger partial charge in [-0.15, -0.1) is 0 Å². The highest BCUT2D eigenvalue weighted by atomic mass is 14.9. The molecular weight excluding hydrogens is 242 g/mol. The second-order valence-electron chi connectivity index (χ2n) is 4.33. The van der Waals surface area contributed by atoms with E-state index in [2.05, 4.69) is 55.6 Å². The van der Waals surface area contributed by atoms with Crippen LogP contribution in [0.4, 0.5) is 5.69 Å². The van der Waals surface area contributed by atoms with Gasteiger partial charge in [0.15, 0.2) is 0 Å². The van der Waals surface area contributed by atoms with Crippen molar-refractivity contribution in [3.8, 4) is 0 Å². The third-order valence-electron chi connectivity index (χ3n) is 3.08. The predicted octanol–water partition coefficient (Wildman–Crippen LogP) is 6.34. The fourth-order valence-corrected chi connectivity index (χ4v) is 2.14. The van der Waals surface area contributed by atoms with E-state index in [-0.39, 0.29) is 0 Å². The van der Waals surface area contributed by atoms with Crippen LogP contribution < -0.4 is 5.32 Å². The third-order valence-corrected chi connectivity index (χ3v) is 3.08. The summed E-state index contributed by atoms with van der Waals surface area (Å²) in [5.41, 5.74) is 5.40. The molecular formula is C19H31N. The van der Waals surface area contributed by atoms with Crippen LogP contribution in [-0.2, 0) is 6.42 Å². The van der Waals surface area contributed by atoms with Gasteiger partial charge >= 0.3 is 0 Å². The van der Waals surface area contributed by atoms with Gasteiger partial charge in [-0.1, -0.05) is 52.0 Å². The van der Waals surface area contributed by atoms with Gasteiger partial charge in [-0.25, -0.2) is 0 Å². The van der Waals surface area contributed by atoms with Crippen molar-refractivity contribution in [1.82, 2.24) is 0 Å². The van der Waals surface area contributed by atoms with E-state index in [1.54, 1.807) is 0 Å². The molecule has 2 rings (SSSR count). The van der Waals surface area contributed by atoms with Gasteiger partial charge in [0.25, 0.3) is 0 Å². The molecule has 1 aliphatic rings. The minimum absolute atomic E-state index is 1.17. The number of allylic oxidation sites excluding steroid dienone is 3. The molecule has 0 atom stereocenters. The van der Waals surface area contributed by atoms with Gasteiger partial charge in [0.1, 0.15) is 0 Å². The number of benzene rings is 1. The zero-order chi connectivity index (χ0) is 15.4. The summed E-state index contributed by atoms with van der Waals surface area (Å²) in [5, 5.41) is 3.54. The molecule has 0 spiro atoms. The van der Waals surface area contributed by atoms with E-state index in [4.69, 9.17) is 0 Å². The highest BCUT2D eigenvalue weighted by Gasteiger charge is 2.08. The summed E-state index contributed by atoms with van der Waals surface area (Å²) in [7, 11) is 0. The van der Waals surface area contributed by atoms with Crippen LogP contribution in [0.15, 0.2) is 47.7 Å². The average molecular weight is 273 g/mol. The Morgan fingerprint density at radius 3 is 2.30 bits per heavy atom. The normalized spacial score (nSPS) is 17.5. The number of nitrogens with one attached hydrogen (secondary N) is 1. The molecule has 0 unspecified atom stereocenters. The maximum Gasteiger partial charge on any atom is 0.0416 e. The molecule has 1 heteroatoms. The first-order valence-electron chi connectivity index (χ1n) is 7.98. The van der Waals surface area contributed by atoms with Crippen molar-refractivity contribution in [3.05, 3.63) is 53.3 Å². The summed E-state index contributed by atoms with van der Waals surface area (Å²) in [4.78, 5) is 0.